The maximum absolute atomic E-state index is 11.5. The molecule has 0 spiro atoms. The van der Waals surface area contributed by atoms with Crippen molar-refractivity contribution in [2.45, 2.75) is 26.4 Å². The summed E-state index contributed by atoms with van der Waals surface area (Å²) in [7, 11) is 0. The molecule has 5 heteroatoms. The smallest absolute Gasteiger partial charge is 0.332 e. The molecule has 2 N–H and O–H groups in total. The SMILES string of the molecule is CCn1cncc1C(Nc1ccccc1C)C(=O)O. The molecule has 0 saturated heterocycles. The molecule has 100 valence electrons. The first-order valence-corrected chi connectivity index (χ1v) is 6.18. The fourth-order valence-corrected chi connectivity index (χ4v) is 1.99. The van der Waals surface area contributed by atoms with Gasteiger partial charge in [-0.3, -0.25) is 0 Å². The fraction of sp³-hybridized carbons (Fsp3) is 0.286. The van der Waals surface area contributed by atoms with Gasteiger partial charge in [0, 0.05) is 12.2 Å². The molecule has 5 nitrogen and oxygen atoms in total. The molecule has 2 rings (SSSR count). The number of anilines is 1. The van der Waals surface area contributed by atoms with Gasteiger partial charge in [0.15, 0.2) is 6.04 Å². The van der Waals surface area contributed by atoms with Crippen molar-refractivity contribution in [1.82, 2.24) is 9.55 Å². The number of para-hydroxylation sites is 1. The van der Waals surface area contributed by atoms with E-state index in [2.05, 4.69) is 10.3 Å². The van der Waals surface area contributed by atoms with E-state index in [0.29, 0.717) is 12.2 Å². The summed E-state index contributed by atoms with van der Waals surface area (Å²) in [6, 6.07) is 6.82. The summed E-state index contributed by atoms with van der Waals surface area (Å²) in [5, 5.41) is 12.5. The van der Waals surface area contributed by atoms with Crippen molar-refractivity contribution in [2.24, 2.45) is 0 Å². The molecule has 2 aromatic rings. The molecule has 1 atom stereocenters. The third-order valence-electron chi connectivity index (χ3n) is 3.07. The minimum absolute atomic E-state index is 0.651. The second kappa shape index (κ2) is 5.56. The molecule has 0 aliphatic carbocycles. The lowest BCUT2D eigenvalue weighted by Crippen LogP contribution is -2.23. The number of imidazole rings is 1. The lowest BCUT2D eigenvalue weighted by atomic mass is 10.1. The van der Waals surface area contributed by atoms with E-state index in [1.54, 1.807) is 12.5 Å². The highest BCUT2D eigenvalue weighted by Gasteiger charge is 2.23. The van der Waals surface area contributed by atoms with Crippen LogP contribution in [0.25, 0.3) is 0 Å². The van der Waals surface area contributed by atoms with E-state index in [9.17, 15) is 9.90 Å². The zero-order chi connectivity index (χ0) is 13.8. The van der Waals surface area contributed by atoms with Crippen molar-refractivity contribution >= 4 is 11.7 Å². The maximum atomic E-state index is 11.5. The van der Waals surface area contributed by atoms with Crippen LogP contribution in [0.15, 0.2) is 36.8 Å². The van der Waals surface area contributed by atoms with Gasteiger partial charge in [-0.25, -0.2) is 9.78 Å². The van der Waals surface area contributed by atoms with Gasteiger partial charge >= 0.3 is 5.97 Å². The first kappa shape index (κ1) is 13.1. The standard InChI is InChI=1S/C14H17N3O2/c1-3-17-9-15-8-12(17)13(14(18)19)16-11-7-5-4-6-10(11)2/h4-9,13,16H,3H2,1-2H3,(H,18,19). The van der Waals surface area contributed by atoms with Crippen LogP contribution in [0.5, 0.6) is 0 Å². The fourth-order valence-electron chi connectivity index (χ4n) is 1.99. The number of benzene rings is 1. The number of aromatic nitrogens is 2. The van der Waals surface area contributed by atoms with Gasteiger partial charge in [-0.15, -0.1) is 0 Å². The molecule has 1 unspecified atom stereocenters. The van der Waals surface area contributed by atoms with E-state index in [1.165, 1.54) is 0 Å². The van der Waals surface area contributed by atoms with Gasteiger partial charge in [0.2, 0.25) is 0 Å². The van der Waals surface area contributed by atoms with Gasteiger partial charge in [0.25, 0.3) is 0 Å². The summed E-state index contributed by atoms with van der Waals surface area (Å²) in [5.41, 5.74) is 2.48. The van der Waals surface area contributed by atoms with E-state index >= 15 is 0 Å². The normalized spacial score (nSPS) is 12.1. The van der Waals surface area contributed by atoms with Gasteiger partial charge in [-0.1, -0.05) is 18.2 Å². The highest BCUT2D eigenvalue weighted by molar-refractivity contribution is 5.79. The largest absolute Gasteiger partial charge is 0.479 e. The molecule has 1 heterocycles. The molecular formula is C14H17N3O2. The third-order valence-corrected chi connectivity index (χ3v) is 3.07. The topological polar surface area (TPSA) is 67.2 Å². The highest BCUT2D eigenvalue weighted by Crippen LogP contribution is 2.22. The van der Waals surface area contributed by atoms with Crippen LogP contribution < -0.4 is 5.32 Å². The molecule has 0 saturated carbocycles. The van der Waals surface area contributed by atoms with Crippen LogP contribution in [-0.2, 0) is 11.3 Å². The number of carboxylic acid groups (broad SMARTS) is 1. The van der Waals surface area contributed by atoms with E-state index in [4.69, 9.17) is 0 Å². The first-order chi connectivity index (χ1) is 9.13. The van der Waals surface area contributed by atoms with Crippen LogP contribution in [0.4, 0.5) is 5.69 Å². The first-order valence-electron chi connectivity index (χ1n) is 6.18. The van der Waals surface area contributed by atoms with Crippen LogP contribution in [0, 0.1) is 6.92 Å². The minimum Gasteiger partial charge on any atom is -0.479 e. The van der Waals surface area contributed by atoms with Crippen molar-refractivity contribution in [2.75, 3.05) is 5.32 Å². The Balaban J connectivity index is 2.32. The van der Waals surface area contributed by atoms with Crippen LogP contribution in [0.2, 0.25) is 0 Å². The van der Waals surface area contributed by atoms with Crippen molar-refractivity contribution in [3.05, 3.63) is 48.0 Å². The minimum atomic E-state index is -0.918. The number of aryl methyl sites for hydroxylation is 2. The van der Waals surface area contributed by atoms with E-state index in [0.717, 1.165) is 11.3 Å². The number of carbonyl (C=O) groups is 1. The molecular weight excluding hydrogens is 242 g/mol. The zero-order valence-corrected chi connectivity index (χ0v) is 11.0. The molecule has 0 fully saturated rings. The van der Waals surface area contributed by atoms with Gasteiger partial charge in [-0.2, -0.15) is 0 Å². The summed E-state index contributed by atoms with van der Waals surface area (Å²) >= 11 is 0. The van der Waals surface area contributed by atoms with Crippen molar-refractivity contribution in [3.8, 4) is 0 Å². The van der Waals surface area contributed by atoms with E-state index in [1.807, 2.05) is 42.7 Å². The second-order valence-corrected chi connectivity index (χ2v) is 4.34. The molecule has 0 radical (unpaired) electrons. The van der Waals surface area contributed by atoms with Crippen molar-refractivity contribution < 1.29 is 9.90 Å². The summed E-state index contributed by atoms with van der Waals surface area (Å²) in [6.45, 7) is 4.59. The van der Waals surface area contributed by atoms with Gasteiger partial charge in [0.05, 0.1) is 18.2 Å². The Morgan fingerprint density at radius 2 is 2.21 bits per heavy atom. The van der Waals surface area contributed by atoms with Crippen LogP contribution in [-0.4, -0.2) is 20.6 Å². The number of hydrogen-bond acceptors (Lipinski definition) is 3. The molecule has 0 bridgehead atoms. The van der Waals surface area contributed by atoms with Crippen LogP contribution in [0.1, 0.15) is 24.2 Å². The lowest BCUT2D eigenvalue weighted by Gasteiger charge is -2.18. The quantitative estimate of drug-likeness (QED) is 0.865. The van der Waals surface area contributed by atoms with Gasteiger partial charge in [0.1, 0.15) is 0 Å². The van der Waals surface area contributed by atoms with Gasteiger partial charge < -0.3 is 15.0 Å². The molecule has 1 aromatic heterocycles. The van der Waals surface area contributed by atoms with Crippen molar-refractivity contribution in [3.63, 3.8) is 0 Å². The van der Waals surface area contributed by atoms with E-state index < -0.39 is 12.0 Å². The zero-order valence-electron chi connectivity index (χ0n) is 11.0. The number of rotatable bonds is 5. The number of hydrogen-bond donors (Lipinski definition) is 2. The Hall–Kier alpha value is -2.30. The predicted molar refractivity (Wildman–Crippen MR) is 73.1 cm³/mol. The molecule has 1 aromatic carbocycles. The second-order valence-electron chi connectivity index (χ2n) is 4.34. The number of nitrogens with one attached hydrogen (secondary N) is 1. The molecule has 0 amide bonds. The Morgan fingerprint density at radius 3 is 2.84 bits per heavy atom. The average Bonchev–Trinajstić information content (AvgIpc) is 2.85. The van der Waals surface area contributed by atoms with Crippen LogP contribution in [0.3, 0.4) is 0 Å². The number of carboxylic acids is 1. The maximum Gasteiger partial charge on any atom is 0.332 e. The highest BCUT2D eigenvalue weighted by atomic mass is 16.4. The summed E-state index contributed by atoms with van der Waals surface area (Å²) < 4.78 is 1.82. The van der Waals surface area contributed by atoms with E-state index in [-0.39, 0.29) is 0 Å². The molecule has 0 aliphatic rings. The monoisotopic (exact) mass is 259 g/mol. The molecule has 19 heavy (non-hydrogen) atoms. The Bertz CT molecular complexity index is 578. The summed E-state index contributed by atoms with van der Waals surface area (Å²) in [5.74, 6) is -0.918. The molecule has 0 aliphatic heterocycles. The van der Waals surface area contributed by atoms with Gasteiger partial charge in [-0.05, 0) is 25.5 Å². The third kappa shape index (κ3) is 2.76. The van der Waals surface area contributed by atoms with Crippen molar-refractivity contribution in [1.29, 1.82) is 0 Å². The predicted octanol–water partition coefficient (Wildman–Crippen LogP) is 2.45. The number of aliphatic carboxylic acids is 1. The number of nitrogens with zero attached hydrogens (tertiary/aromatic N) is 2. The summed E-state index contributed by atoms with van der Waals surface area (Å²) in [6.07, 6.45) is 3.23. The lowest BCUT2D eigenvalue weighted by molar-refractivity contribution is -0.138. The summed E-state index contributed by atoms with van der Waals surface area (Å²) in [4.78, 5) is 15.5. The average molecular weight is 259 g/mol. The van der Waals surface area contributed by atoms with Crippen LogP contribution >= 0.6 is 0 Å². The Morgan fingerprint density at radius 1 is 1.47 bits per heavy atom. The Labute approximate surface area is 111 Å². The Kier molecular flexibility index (Phi) is 3.85.